The van der Waals surface area contributed by atoms with Gasteiger partial charge >= 0.3 is 5.97 Å². The van der Waals surface area contributed by atoms with Crippen molar-refractivity contribution < 1.29 is 24.2 Å². The van der Waals surface area contributed by atoms with E-state index >= 15 is 0 Å². The topological polar surface area (TPSA) is 87.1 Å². The quantitative estimate of drug-likeness (QED) is 0.509. The Kier molecular flexibility index (Phi) is 5.50. The molecule has 2 aromatic rings. The molecule has 6 rings (SSSR count). The summed E-state index contributed by atoms with van der Waals surface area (Å²) in [4.78, 5) is 44.8. The molecule has 2 fully saturated rings. The summed E-state index contributed by atoms with van der Waals surface area (Å²) >= 11 is 1.53. The Labute approximate surface area is 213 Å². The van der Waals surface area contributed by atoms with Crippen LogP contribution < -0.4 is 4.90 Å². The van der Waals surface area contributed by atoms with Crippen LogP contribution in [-0.2, 0) is 19.1 Å². The van der Waals surface area contributed by atoms with Gasteiger partial charge in [0.15, 0.2) is 0 Å². The number of thioether (sulfide) groups is 1. The minimum Gasteiger partial charge on any atom is -0.461 e. The summed E-state index contributed by atoms with van der Waals surface area (Å²) in [5.74, 6) is -2.21. The van der Waals surface area contributed by atoms with Crippen LogP contribution in [0.1, 0.15) is 13.3 Å². The number of aliphatic hydroxyl groups excluding tert-OH is 1. The summed E-state index contributed by atoms with van der Waals surface area (Å²) in [6, 6.07) is 13.1. The minimum absolute atomic E-state index is 0.0916. The molecule has 2 amide bonds. The van der Waals surface area contributed by atoms with Gasteiger partial charge in [0.05, 0.1) is 16.6 Å². The van der Waals surface area contributed by atoms with Crippen LogP contribution in [0.25, 0.3) is 10.8 Å². The largest absolute Gasteiger partial charge is 0.461 e. The van der Waals surface area contributed by atoms with E-state index in [4.69, 9.17) is 4.74 Å². The third-order valence-electron chi connectivity index (χ3n) is 7.91. The van der Waals surface area contributed by atoms with Crippen molar-refractivity contribution in [1.29, 1.82) is 0 Å². The van der Waals surface area contributed by atoms with Crippen LogP contribution in [0, 0.1) is 11.8 Å². The second-order valence-electron chi connectivity index (χ2n) is 10.0. The first-order valence-electron chi connectivity index (χ1n) is 12.3. The average Bonchev–Trinajstić information content (AvgIpc) is 3.12. The number of cyclic esters (lactones) is 1. The molecule has 0 saturated carbocycles. The first-order valence-corrected chi connectivity index (χ1v) is 13.1. The highest BCUT2D eigenvalue weighted by atomic mass is 32.2. The van der Waals surface area contributed by atoms with E-state index in [1.807, 2.05) is 73.7 Å². The van der Waals surface area contributed by atoms with Gasteiger partial charge in [-0.15, -0.1) is 11.8 Å². The van der Waals surface area contributed by atoms with Crippen LogP contribution in [0.15, 0.2) is 66.8 Å². The van der Waals surface area contributed by atoms with E-state index in [0.29, 0.717) is 13.0 Å². The van der Waals surface area contributed by atoms with Crippen LogP contribution >= 0.6 is 11.8 Å². The Morgan fingerprint density at radius 2 is 1.83 bits per heavy atom. The number of hydrogen-bond acceptors (Lipinski definition) is 6. The Bertz CT molecular complexity index is 1320. The number of likely N-dealkylation sites (tertiary alicyclic amines) is 1. The van der Waals surface area contributed by atoms with Crippen molar-refractivity contribution in [2.24, 2.45) is 11.8 Å². The predicted molar refractivity (Wildman–Crippen MR) is 138 cm³/mol. The highest BCUT2D eigenvalue weighted by Gasteiger charge is 2.74. The summed E-state index contributed by atoms with van der Waals surface area (Å²) in [5, 5.41) is 11.6. The van der Waals surface area contributed by atoms with E-state index in [2.05, 4.69) is 0 Å². The molecule has 0 bridgehead atoms. The second kappa shape index (κ2) is 8.49. The van der Waals surface area contributed by atoms with Crippen molar-refractivity contribution in [2.75, 3.05) is 31.2 Å². The molecule has 186 valence electrons. The summed E-state index contributed by atoms with van der Waals surface area (Å²) in [6.45, 7) is 2.67. The maximum Gasteiger partial charge on any atom is 0.311 e. The van der Waals surface area contributed by atoms with E-state index in [1.54, 1.807) is 9.80 Å². The zero-order valence-electron chi connectivity index (χ0n) is 20.0. The van der Waals surface area contributed by atoms with E-state index in [1.165, 1.54) is 11.8 Å². The molecular formula is C28H28N2O5S. The Morgan fingerprint density at radius 3 is 2.64 bits per heavy atom. The molecule has 36 heavy (non-hydrogen) atoms. The van der Waals surface area contributed by atoms with Crippen LogP contribution in [0.5, 0.6) is 0 Å². The molecule has 0 aromatic heterocycles. The molecule has 8 heteroatoms. The van der Waals surface area contributed by atoms with Crippen LogP contribution in [-0.4, -0.2) is 69.6 Å². The highest BCUT2D eigenvalue weighted by Crippen LogP contribution is 2.65. The second-order valence-corrected chi connectivity index (χ2v) is 11.8. The van der Waals surface area contributed by atoms with E-state index < -0.39 is 33.3 Å². The summed E-state index contributed by atoms with van der Waals surface area (Å²) in [6.07, 6.45) is 8.10. The molecule has 4 aliphatic heterocycles. The highest BCUT2D eigenvalue weighted by molar-refractivity contribution is 8.02. The predicted octanol–water partition coefficient (Wildman–Crippen LogP) is 2.93. The molecule has 2 aromatic carbocycles. The lowest BCUT2D eigenvalue weighted by Gasteiger charge is -2.36. The van der Waals surface area contributed by atoms with Crippen LogP contribution in [0.4, 0.5) is 5.69 Å². The van der Waals surface area contributed by atoms with E-state index in [0.717, 1.165) is 16.5 Å². The summed E-state index contributed by atoms with van der Waals surface area (Å²) in [7, 11) is 0. The van der Waals surface area contributed by atoms with Gasteiger partial charge in [0.2, 0.25) is 5.91 Å². The molecule has 1 N–H and O–H groups in total. The molecular weight excluding hydrogens is 476 g/mol. The number of aliphatic hydroxyl groups is 1. The van der Waals surface area contributed by atoms with Crippen LogP contribution in [0.3, 0.4) is 0 Å². The van der Waals surface area contributed by atoms with Crippen molar-refractivity contribution in [3.63, 3.8) is 0 Å². The van der Waals surface area contributed by atoms with Crippen molar-refractivity contribution >= 4 is 46.0 Å². The van der Waals surface area contributed by atoms with Gasteiger partial charge in [-0.3, -0.25) is 14.4 Å². The molecule has 5 atom stereocenters. The number of esters is 1. The number of carbonyl (C=O) groups excluding carboxylic acids is 3. The normalized spacial score (nSPS) is 33.3. The van der Waals surface area contributed by atoms with Gasteiger partial charge in [-0.05, 0) is 42.3 Å². The number of ether oxygens (including phenoxy) is 1. The fraction of sp³-hybridized carbons (Fsp3) is 0.393. The molecule has 0 aliphatic carbocycles. The molecule has 4 heterocycles. The van der Waals surface area contributed by atoms with Crippen molar-refractivity contribution in [2.45, 2.75) is 28.9 Å². The fourth-order valence-corrected chi connectivity index (χ4v) is 8.57. The minimum atomic E-state index is -0.907. The van der Waals surface area contributed by atoms with Gasteiger partial charge in [-0.25, -0.2) is 0 Å². The zero-order valence-corrected chi connectivity index (χ0v) is 20.8. The molecule has 0 radical (unpaired) electrons. The lowest BCUT2D eigenvalue weighted by Crippen LogP contribution is -2.53. The standard InChI is InChI=1S/C28H28N2O5S/c1-27-11-5-16-35-26(34)22(27)21-24(32)30(14-6-15-31)23-25(33)29(13-4-12-28(21,23)36-27)20-10-9-18-7-2-3-8-19(18)17-20/h2-5,7-12,17,21-23,31H,6,13-16H2,1H3/t21-,22-,23?,27+,28-/m0/s1. The molecule has 1 unspecified atom stereocenters. The SMILES string of the molecule is C[C@@]12C=CCOC(=O)[C@@H]1[C@H]1C(=O)N(CCCO)C3C(=O)N(c4ccc5ccccc5c4)CC=C[C@@]31S2. The smallest absolute Gasteiger partial charge is 0.311 e. The summed E-state index contributed by atoms with van der Waals surface area (Å²) in [5.41, 5.74) is 0.765. The van der Waals surface area contributed by atoms with Gasteiger partial charge in [0, 0.05) is 30.1 Å². The monoisotopic (exact) mass is 504 g/mol. The number of rotatable bonds is 4. The Balaban J connectivity index is 1.47. The van der Waals surface area contributed by atoms with Crippen molar-refractivity contribution in [3.8, 4) is 0 Å². The first-order chi connectivity index (χ1) is 17.4. The maximum atomic E-state index is 14.4. The zero-order chi connectivity index (χ0) is 25.1. The molecule has 7 nitrogen and oxygen atoms in total. The van der Waals surface area contributed by atoms with Crippen molar-refractivity contribution in [3.05, 3.63) is 66.8 Å². The maximum absolute atomic E-state index is 14.4. The number of carbonyl (C=O) groups is 3. The Morgan fingerprint density at radius 1 is 1.03 bits per heavy atom. The third kappa shape index (κ3) is 3.27. The fourth-order valence-electron chi connectivity index (χ4n) is 6.41. The number of anilines is 1. The van der Waals surface area contributed by atoms with Gasteiger partial charge in [-0.1, -0.05) is 48.6 Å². The molecule has 1 spiro atoms. The summed E-state index contributed by atoms with van der Waals surface area (Å²) < 4.78 is 3.88. The molecule has 4 aliphatic rings. The number of hydrogen-bond donors (Lipinski definition) is 1. The third-order valence-corrected chi connectivity index (χ3v) is 9.71. The average molecular weight is 505 g/mol. The van der Waals surface area contributed by atoms with Gasteiger partial charge in [0.25, 0.3) is 5.91 Å². The Hall–Kier alpha value is -3.10. The van der Waals surface area contributed by atoms with Gasteiger partial charge in [0.1, 0.15) is 12.6 Å². The number of amides is 2. The van der Waals surface area contributed by atoms with E-state index in [9.17, 15) is 19.5 Å². The molecule has 2 saturated heterocycles. The van der Waals surface area contributed by atoms with Gasteiger partial charge < -0.3 is 19.6 Å². The van der Waals surface area contributed by atoms with Crippen molar-refractivity contribution in [1.82, 2.24) is 4.90 Å². The lowest BCUT2D eigenvalue weighted by molar-refractivity contribution is -0.152. The lowest BCUT2D eigenvalue weighted by atomic mass is 9.75. The number of benzene rings is 2. The van der Waals surface area contributed by atoms with Gasteiger partial charge in [-0.2, -0.15) is 0 Å². The van der Waals surface area contributed by atoms with Crippen LogP contribution in [0.2, 0.25) is 0 Å². The number of fused-ring (bicyclic) bond motifs is 3. The van der Waals surface area contributed by atoms with E-state index in [-0.39, 0.29) is 31.6 Å². The number of nitrogens with zero attached hydrogens (tertiary/aromatic N) is 2. The first kappa shape index (κ1) is 23.3.